The summed E-state index contributed by atoms with van der Waals surface area (Å²) >= 11 is 0. The molecule has 0 radical (unpaired) electrons. The van der Waals surface area contributed by atoms with Gasteiger partial charge in [0.2, 0.25) is 0 Å². The standard InChI is InChI=1S/C18H20N4O2/c1-18(17(23)24)7-9-21(11-18)15-10-16(20-12-19-15)22-8-6-13-4-2-3-5-14(13)22/h2-5,10,12H,6-9,11H2,1H3,(H,23,24). The molecule has 4 rings (SSSR count). The van der Waals surface area contributed by atoms with Gasteiger partial charge in [-0.2, -0.15) is 0 Å². The van der Waals surface area contributed by atoms with Crippen molar-refractivity contribution < 1.29 is 9.90 Å². The van der Waals surface area contributed by atoms with Gasteiger partial charge in [0.15, 0.2) is 0 Å². The molecule has 1 unspecified atom stereocenters. The van der Waals surface area contributed by atoms with Gasteiger partial charge in [-0.15, -0.1) is 0 Å². The first-order valence-corrected chi connectivity index (χ1v) is 8.23. The summed E-state index contributed by atoms with van der Waals surface area (Å²) in [6, 6.07) is 10.3. The van der Waals surface area contributed by atoms with E-state index in [1.165, 1.54) is 11.3 Å². The van der Waals surface area contributed by atoms with Crippen molar-refractivity contribution in [1.29, 1.82) is 0 Å². The van der Waals surface area contributed by atoms with Crippen LogP contribution in [-0.4, -0.2) is 40.7 Å². The monoisotopic (exact) mass is 324 g/mol. The van der Waals surface area contributed by atoms with Crippen molar-refractivity contribution in [3.05, 3.63) is 42.2 Å². The zero-order chi connectivity index (χ0) is 16.7. The molecule has 0 amide bonds. The van der Waals surface area contributed by atoms with Crippen molar-refractivity contribution in [1.82, 2.24) is 9.97 Å². The molecule has 0 saturated carbocycles. The molecule has 124 valence electrons. The van der Waals surface area contributed by atoms with Gasteiger partial charge in [0, 0.05) is 31.4 Å². The van der Waals surface area contributed by atoms with E-state index in [1.807, 2.05) is 17.0 Å². The van der Waals surface area contributed by atoms with Crippen LogP contribution >= 0.6 is 0 Å². The number of carbonyl (C=O) groups is 1. The van der Waals surface area contributed by atoms with Crippen LogP contribution in [0.2, 0.25) is 0 Å². The predicted molar refractivity (Wildman–Crippen MR) is 91.8 cm³/mol. The number of aromatic nitrogens is 2. The fraction of sp³-hybridized carbons (Fsp3) is 0.389. The summed E-state index contributed by atoms with van der Waals surface area (Å²) in [6.07, 6.45) is 3.21. The maximum atomic E-state index is 11.4. The molecule has 6 heteroatoms. The van der Waals surface area contributed by atoms with E-state index in [1.54, 1.807) is 13.3 Å². The summed E-state index contributed by atoms with van der Waals surface area (Å²) in [5, 5.41) is 9.41. The van der Waals surface area contributed by atoms with Crippen LogP contribution in [0.4, 0.5) is 17.3 Å². The molecule has 2 aliphatic rings. The molecule has 0 spiro atoms. The maximum absolute atomic E-state index is 11.4. The van der Waals surface area contributed by atoms with E-state index in [4.69, 9.17) is 0 Å². The topological polar surface area (TPSA) is 69.6 Å². The van der Waals surface area contributed by atoms with Crippen LogP contribution in [0.15, 0.2) is 36.7 Å². The number of hydrogen-bond acceptors (Lipinski definition) is 5. The third kappa shape index (κ3) is 2.38. The number of para-hydroxylation sites is 1. The molecule has 24 heavy (non-hydrogen) atoms. The van der Waals surface area contributed by atoms with E-state index in [0.29, 0.717) is 19.5 Å². The van der Waals surface area contributed by atoms with Crippen LogP contribution in [0.25, 0.3) is 0 Å². The molecule has 0 bridgehead atoms. The molecule has 1 fully saturated rings. The van der Waals surface area contributed by atoms with E-state index < -0.39 is 11.4 Å². The van der Waals surface area contributed by atoms with E-state index in [9.17, 15) is 9.90 Å². The number of carboxylic acids is 1. The third-order valence-electron chi connectivity index (χ3n) is 5.12. The molecular formula is C18H20N4O2. The van der Waals surface area contributed by atoms with Gasteiger partial charge in [0.05, 0.1) is 5.41 Å². The fourth-order valence-corrected chi connectivity index (χ4v) is 3.57. The molecule has 1 atom stereocenters. The largest absolute Gasteiger partial charge is 0.481 e. The number of fused-ring (bicyclic) bond motifs is 1. The molecule has 1 saturated heterocycles. The summed E-state index contributed by atoms with van der Waals surface area (Å²) in [6.45, 7) is 3.89. The molecule has 1 N–H and O–H groups in total. The van der Waals surface area contributed by atoms with Gasteiger partial charge in [0.1, 0.15) is 18.0 Å². The minimum Gasteiger partial charge on any atom is -0.481 e. The van der Waals surface area contributed by atoms with Gasteiger partial charge in [-0.25, -0.2) is 9.97 Å². The first kappa shape index (κ1) is 14.9. The highest BCUT2D eigenvalue weighted by atomic mass is 16.4. The van der Waals surface area contributed by atoms with Crippen LogP contribution in [0.5, 0.6) is 0 Å². The number of anilines is 3. The smallest absolute Gasteiger partial charge is 0.311 e. The van der Waals surface area contributed by atoms with Crippen molar-refractivity contribution in [2.75, 3.05) is 29.4 Å². The van der Waals surface area contributed by atoms with Crippen LogP contribution in [0.3, 0.4) is 0 Å². The van der Waals surface area contributed by atoms with Crippen LogP contribution in [0.1, 0.15) is 18.9 Å². The lowest BCUT2D eigenvalue weighted by Crippen LogP contribution is -2.32. The van der Waals surface area contributed by atoms with Crippen molar-refractivity contribution in [3.8, 4) is 0 Å². The summed E-state index contributed by atoms with van der Waals surface area (Å²) in [7, 11) is 0. The Kier molecular flexibility index (Phi) is 3.40. The minimum absolute atomic E-state index is 0.482. The summed E-state index contributed by atoms with van der Waals surface area (Å²) in [5.41, 5.74) is 1.82. The number of carboxylic acid groups (broad SMARTS) is 1. The second-order valence-electron chi connectivity index (χ2n) is 6.80. The molecule has 1 aromatic carbocycles. The van der Waals surface area contributed by atoms with Gasteiger partial charge in [-0.1, -0.05) is 18.2 Å². The van der Waals surface area contributed by atoms with E-state index in [-0.39, 0.29) is 0 Å². The Balaban J connectivity index is 1.61. The number of hydrogen-bond donors (Lipinski definition) is 1. The molecule has 2 aliphatic heterocycles. The Hall–Kier alpha value is -2.63. The van der Waals surface area contributed by atoms with Gasteiger partial charge in [-0.3, -0.25) is 4.79 Å². The second kappa shape index (κ2) is 5.47. The summed E-state index contributed by atoms with van der Waals surface area (Å²) in [5.74, 6) is 0.927. The number of rotatable bonds is 3. The predicted octanol–water partition coefficient (Wildman–Crippen LogP) is 2.47. The summed E-state index contributed by atoms with van der Waals surface area (Å²) in [4.78, 5) is 24.5. The first-order chi connectivity index (χ1) is 11.6. The van der Waals surface area contributed by atoms with Gasteiger partial charge in [-0.05, 0) is 31.4 Å². The average molecular weight is 324 g/mol. The molecular weight excluding hydrogens is 304 g/mol. The number of nitrogens with zero attached hydrogens (tertiary/aromatic N) is 4. The van der Waals surface area contributed by atoms with E-state index in [2.05, 4.69) is 33.1 Å². The Morgan fingerprint density at radius 2 is 2.00 bits per heavy atom. The highest BCUT2D eigenvalue weighted by molar-refractivity contribution is 5.76. The zero-order valence-corrected chi connectivity index (χ0v) is 13.6. The highest BCUT2D eigenvalue weighted by Gasteiger charge is 2.41. The van der Waals surface area contributed by atoms with Crippen LogP contribution < -0.4 is 9.80 Å². The number of aliphatic carboxylic acids is 1. The summed E-state index contributed by atoms with van der Waals surface area (Å²) < 4.78 is 0. The SMILES string of the molecule is CC1(C(=O)O)CCN(c2cc(N3CCc4ccccc43)ncn2)C1. The van der Waals surface area contributed by atoms with Crippen LogP contribution in [-0.2, 0) is 11.2 Å². The fourth-order valence-electron chi connectivity index (χ4n) is 3.57. The van der Waals surface area contributed by atoms with E-state index in [0.717, 1.165) is 24.6 Å². The maximum Gasteiger partial charge on any atom is 0.311 e. The van der Waals surface area contributed by atoms with Crippen molar-refractivity contribution in [2.45, 2.75) is 19.8 Å². The Morgan fingerprint density at radius 3 is 2.79 bits per heavy atom. The average Bonchev–Trinajstić information content (AvgIpc) is 3.20. The molecule has 3 heterocycles. The van der Waals surface area contributed by atoms with Crippen molar-refractivity contribution in [3.63, 3.8) is 0 Å². The number of benzene rings is 1. The Bertz CT molecular complexity index is 794. The molecule has 2 aromatic rings. The minimum atomic E-state index is -0.743. The Morgan fingerprint density at radius 1 is 1.21 bits per heavy atom. The zero-order valence-electron chi connectivity index (χ0n) is 13.6. The van der Waals surface area contributed by atoms with Crippen LogP contribution in [0, 0.1) is 5.41 Å². The lowest BCUT2D eigenvalue weighted by molar-refractivity contribution is -0.146. The molecule has 1 aromatic heterocycles. The van der Waals surface area contributed by atoms with Crippen molar-refractivity contribution >= 4 is 23.3 Å². The quantitative estimate of drug-likeness (QED) is 0.935. The normalized spacial score (nSPS) is 22.7. The first-order valence-electron chi connectivity index (χ1n) is 8.23. The lowest BCUT2D eigenvalue weighted by atomic mass is 9.90. The van der Waals surface area contributed by atoms with Crippen molar-refractivity contribution in [2.24, 2.45) is 5.41 Å². The molecule has 0 aliphatic carbocycles. The molecule has 6 nitrogen and oxygen atoms in total. The lowest BCUT2D eigenvalue weighted by Gasteiger charge is -2.23. The Labute approximate surface area is 140 Å². The van der Waals surface area contributed by atoms with Gasteiger partial charge in [0.25, 0.3) is 0 Å². The van der Waals surface area contributed by atoms with E-state index >= 15 is 0 Å². The highest BCUT2D eigenvalue weighted by Crippen LogP contribution is 2.36. The third-order valence-corrected chi connectivity index (χ3v) is 5.12. The van der Waals surface area contributed by atoms with Gasteiger partial charge < -0.3 is 14.9 Å². The second-order valence-corrected chi connectivity index (χ2v) is 6.80. The van der Waals surface area contributed by atoms with Gasteiger partial charge >= 0.3 is 5.97 Å².